The molecule has 5 aromatic rings. The molecule has 758 valence electrons. The molecular formula is C99H135BrO36Si. The molecule has 2 N–H and O–H groups in total. The van der Waals surface area contributed by atoms with Crippen LogP contribution in [-0.4, -0.2) is 222 Å². The second-order valence-electron chi connectivity index (χ2n) is 35.4. The van der Waals surface area contributed by atoms with Crippen LogP contribution in [-0.2, 0) is 124 Å². The number of ether oxygens (including phenoxy) is 20. The highest BCUT2D eigenvalue weighted by Crippen LogP contribution is 2.45. The van der Waals surface area contributed by atoms with E-state index >= 15 is 0 Å². The number of carbonyl (C=O) groups is 13. The third-order valence-corrected chi connectivity index (χ3v) is 29.4. The second kappa shape index (κ2) is 55.9. The Bertz CT molecular complexity index is 4750. The third-order valence-electron chi connectivity index (χ3n) is 24.0. The van der Waals surface area contributed by atoms with Gasteiger partial charge in [0.25, 0.3) is 14.8 Å². The highest BCUT2D eigenvalue weighted by atomic mass is 79.9. The van der Waals surface area contributed by atoms with E-state index in [1.807, 2.05) is 93.5 Å². The summed E-state index contributed by atoms with van der Waals surface area (Å²) >= 11 is 3.43. The minimum absolute atomic E-state index is 0.00426. The van der Waals surface area contributed by atoms with Crippen LogP contribution in [0.1, 0.15) is 180 Å². The average Bonchev–Trinajstić information content (AvgIpc) is 0.808. The first-order valence-corrected chi connectivity index (χ1v) is 48.8. The van der Waals surface area contributed by atoms with Gasteiger partial charge in [0.15, 0.2) is 41.3 Å². The molecule has 137 heavy (non-hydrogen) atoms. The fraction of sp³-hybridized carbons (Fsp3) is 0.566. The number of phenolic OH excluding ortho intramolecular Hbond substituents is 2. The molecule has 0 radical (unpaired) electrons. The first kappa shape index (κ1) is 116. The maximum atomic E-state index is 11.6. The molecule has 0 spiro atoms. The molecule has 5 heterocycles. The van der Waals surface area contributed by atoms with Crippen molar-refractivity contribution in [1.29, 1.82) is 0 Å². The molecule has 5 aromatic carbocycles. The molecular weight excluding hydrogens is 1870 g/mol. The molecule has 5 fully saturated rings. The highest BCUT2D eigenvalue weighted by molar-refractivity contribution is 9.09. The fourth-order valence-corrected chi connectivity index (χ4v) is 16.2. The Morgan fingerprint density at radius 2 is 0.569 bits per heavy atom. The number of aromatic hydroxyl groups is 2. The Kier molecular flexibility index (Phi) is 47.4. The maximum Gasteiger partial charge on any atom is 0.303 e. The maximum absolute atomic E-state index is 11.6. The van der Waals surface area contributed by atoms with Crippen LogP contribution in [0.25, 0.3) is 0 Å². The Balaban J connectivity index is 0.000000297. The van der Waals surface area contributed by atoms with Crippen LogP contribution < -0.4 is 28.1 Å². The average molecular weight is 2010 g/mol. The van der Waals surface area contributed by atoms with E-state index < -0.39 is 142 Å². The van der Waals surface area contributed by atoms with Gasteiger partial charge in [0.1, 0.15) is 116 Å². The number of alkyl halides is 1. The predicted octanol–water partition coefficient (Wildman–Crippen LogP) is 14.7. The summed E-state index contributed by atoms with van der Waals surface area (Å²) in [5.41, 5.74) is 0.743. The summed E-state index contributed by atoms with van der Waals surface area (Å²) in [4.78, 5) is 145. The fourth-order valence-electron chi connectivity index (χ4n) is 14.5. The van der Waals surface area contributed by atoms with Crippen LogP contribution >= 0.6 is 15.9 Å². The summed E-state index contributed by atoms with van der Waals surface area (Å²) < 4.78 is 117. The van der Waals surface area contributed by atoms with Crippen molar-refractivity contribution < 1.29 is 172 Å². The molecule has 25 atom stereocenters. The van der Waals surface area contributed by atoms with Gasteiger partial charge in [0.05, 0.1) is 11.1 Å². The smallest absolute Gasteiger partial charge is 0.303 e. The van der Waals surface area contributed by atoms with Crippen molar-refractivity contribution in [2.24, 2.45) is 59.2 Å². The van der Waals surface area contributed by atoms with Crippen molar-refractivity contribution in [3.8, 4) is 46.0 Å². The zero-order valence-electron chi connectivity index (χ0n) is 82.4. The quantitative estimate of drug-likeness (QED) is 0.0148. The van der Waals surface area contributed by atoms with Crippen LogP contribution in [0.2, 0.25) is 18.1 Å². The number of rotatable bonds is 29. The van der Waals surface area contributed by atoms with E-state index in [4.69, 9.17) is 104 Å². The summed E-state index contributed by atoms with van der Waals surface area (Å²) in [7, 11) is -2.08. The zero-order valence-corrected chi connectivity index (χ0v) is 85.0. The molecule has 0 saturated carbocycles. The number of benzene rings is 5. The Morgan fingerprint density at radius 3 is 0.854 bits per heavy atom. The molecule has 0 bridgehead atoms. The summed E-state index contributed by atoms with van der Waals surface area (Å²) in [6, 6.07) is 34.1. The molecule has 0 amide bonds. The number of halogens is 1. The molecule has 0 aliphatic carbocycles. The number of esters is 10. The molecule has 10 rings (SSSR count). The zero-order chi connectivity index (χ0) is 103. The number of carbonyl (C=O) groups excluding carboxylic acids is 13. The third kappa shape index (κ3) is 36.9. The van der Waals surface area contributed by atoms with Gasteiger partial charge >= 0.3 is 59.7 Å². The van der Waals surface area contributed by atoms with E-state index in [0.29, 0.717) is 58.9 Å². The topological polar surface area (TPSA) is 456 Å². The van der Waals surface area contributed by atoms with Gasteiger partial charge in [-0.25, -0.2) is 0 Å². The van der Waals surface area contributed by atoms with Gasteiger partial charge in [0, 0.05) is 122 Å². The minimum Gasteiger partial charge on any atom is -0.541 e. The van der Waals surface area contributed by atoms with Crippen molar-refractivity contribution in [3.05, 3.63) is 132 Å². The number of phenols is 2. The normalized spacial score (nSPS) is 27.4. The van der Waals surface area contributed by atoms with Crippen LogP contribution in [0.5, 0.6) is 46.0 Å². The minimum atomic E-state index is -2.08. The lowest BCUT2D eigenvalue weighted by molar-refractivity contribution is -0.248. The molecule has 5 aliphatic heterocycles. The molecule has 5 aliphatic rings. The standard InChI is InChI=1S/C24H38O7Si.C19H24O8.C19H24O7.C18H24O7.C12H19BrO5.C7H6O2/c1-15-16(2)23(30-21(14-27-17(3)25)22(15)28-18(4)26)29-19-12-10-11-13-20(19)31-32(8,9)24(5,6)7;1-11-12(2)19(26-16-8-6-5-7-15(16)24-10-20)27-17(9-23-13(3)21)18(11)25-14(4)22;1-11-12(2)19(25-16-8-6-5-7-15(16)9-20)26-17(10-23-13(3)21)18(11)24-14(4)22;1-10-11(2)18(24-15-8-6-5-7-14(15)21)25-16(9-22-12(3)19)17(10)23-13(4)20;1-6-7(2)12(13)18-10(5-16-8(3)14)11(6)17-9(4)15;8-5-6-3-1-2-4-7(6)9/h10-13,15-16,21-23H,14H2,1-9H3;5-8,10-12,17-19H,9H2,1-4H3;5-9,11-12,17-19H,10H2,1-4H3;5-8,10-11,16-18,21H,9H2,1-4H3;6-7,10-12H,5H2,1-4H3;1-5,9H/t15-,16-,21-,22-,23-;2*11-,12-,17-,18-,19-;10-,11-,16-,17-,18-;6-,7-,10-,11-,12?;/m11111./s1. The van der Waals surface area contributed by atoms with Gasteiger partial charge in [0.2, 0.25) is 25.2 Å². The van der Waals surface area contributed by atoms with Crippen LogP contribution in [0.4, 0.5) is 0 Å². The van der Waals surface area contributed by atoms with E-state index in [0.717, 1.165) is 0 Å². The van der Waals surface area contributed by atoms with Crippen molar-refractivity contribution >= 4 is 103 Å². The number of hydrogen-bond acceptors (Lipinski definition) is 36. The highest BCUT2D eigenvalue weighted by Gasteiger charge is 2.51. The summed E-state index contributed by atoms with van der Waals surface area (Å²) in [5.74, 6) is -2.24. The molecule has 0 aromatic heterocycles. The van der Waals surface area contributed by atoms with Gasteiger partial charge in [-0.3, -0.25) is 62.3 Å². The van der Waals surface area contributed by atoms with Gasteiger partial charge < -0.3 is 109 Å². The number of aldehydes is 2. The molecule has 5 saturated heterocycles. The second-order valence-corrected chi connectivity index (χ2v) is 41.0. The van der Waals surface area contributed by atoms with Crippen LogP contribution in [0.3, 0.4) is 0 Å². The van der Waals surface area contributed by atoms with Gasteiger partial charge in [-0.05, 0) is 84.7 Å². The van der Waals surface area contributed by atoms with E-state index in [1.165, 1.54) is 81.4 Å². The van der Waals surface area contributed by atoms with Gasteiger partial charge in [-0.1, -0.05) is 167 Å². The van der Waals surface area contributed by atoms with Crippen molar-refractivity contribution in [2.75, 3.05) is 33.0 Å². The molecule has 36 nitrogen and oxygen atoms in total. The van der Waals surface area contributed by atoms with E-state index in [2.05, 4.69) is 49.8 Å². The summed E-state index contributed by atoms with van der Waals surface area (Å²) in [6.45, 7) is 43.8. The van der Waals surface area contributed by atoms with Crippen LogP contribution in [0, 0.1) is 59.2 Å². The number of hydrogen-bond donors (Lipinski definition) is 2. The van der Waals surface area contributed by atoms with Crippen molar-refractivity contribution in [1.82, 2.24) is 0 Å². The monoisotopic (exact) mass is 2010 g/mol. The first-order valence-electron chi connectivity index (χ1n) is 45.0. The van der Waals surface area contributed by atoms with Crippen molar-refractivity contribution in [3.63, 3.8) is 0 Å². The predicted molar refractivity (Wildman–Crippen MR) is 498 cm³/mol. The molecule has 1 unspecified atom stereocenters. The van der Waals surface area contributed by atoms with Crippen LogP contribution in [0.15, 0.2) is 121 Å². The lowest BCUT2D eigenvalue weighted by atomic mass is 9.84. The largest absolute Gasteiger partial charge is 0.541 e. The SMILES string of the molecule is CC(=O)OC[C@H]1OC(Br)[C@H](C)[C@@H](C)[C@H]1OC(C)=O.CC(=O)OC[C@H]1O[C@@H](Oc2ccccc2C=O)[C@H](C)[C@@H](C)[C@H]1OC(C)=O.CC(=O)OC[C@H]1O[C@@H](Oc2ccccc2O)[C@H](C)[C@@H](C)[C@H]1OC(C)=O.CC(=O)OC[C@H]1O[C@@H](Oc2ccccc2OC=O)[C@H](C)[C@@H](C)[C@H]1OC(C)=O.CC(=O)OC[C@H]1O[C@@H](Oc2ccccc2O[Si](C)(C)C(C)(C)C)[C@H](C)[C@@H](C)[C@H]1OC(C)=O.O=Cc1ccccc1O. The Labute approximate surface area is 809 Å². The van der Waals surface area contributed by atoms with Gasteiger partial charge in [-0.2, -0.15) is 0 Å². The summed E-state index contributed by atoms with van der Waals surface area (Å²) in [5, 5.41) is 18.7. The Morgan fingerprint density at radius 1 is 0.321 bits per heavy atom. The summed E-state index contributed by atoms with van der Waals surface area (Å²) in [6.07, 6.45) is -7.10. The Hall–Kier alpha value is -11.3. The van der Waals surface area contributed by atoms with E-state index in [-0.39, 0.29) is 131 Å². The van der Waals surface area contributed by atoms with Crippen molar-refractivity contribution in [2.45, 2.75) is 269 Å². The lowest BCUT2D eigenvalue weighted by Crippen LogP contribution is -2.54. The lowest BCUT2D eigenvalue weighted by Gasteiger charge is -2.43. The van der Waals surface area contributed by atoms with Gasteiger partial charge in [-0.15, -0.1) is 0 Å². The number of para-hydroxylation sites is 8. The van der Waals surface area contributed by atoms with E-state index in [9.17, 15) is 67.4 Å². The molecule has 38 heteroatoms. The van der Waals surface area contributed by atoms with E-state index in [1.54, 1.807) is 84.9 Å². The first-order chi connectivity index (χ1) is 64.3.